The summed E-state index contributed by atoms with van der Waals surface area (Å²) in [4.78, 5) is 12.2. The van der Waals surface area contributed by atoms with Gasteiger partial charge < -0.3 is 5.32 Å². The normalized spacial score (nSPS) is 20.9. The Morgan fingerprint density at radius 1 is 1.04 bits per heavy atom. The van der Waals surface area contributed by atoms with E-state index in [2.05, 4.69) is 17.4 Å². The second-order valence-electron chi connectivity index (χ2n) is 9.70. The summed E-state index contributed by atoms with van der Waals surface area (Å²) in [6.45, 7) is 9.49. The predicted molar refractivity (Wildman–Crippen MR) is 116 cm³/mol. The molecule has 0 bridgehead atoms. The fourth-order valence-electron chi connectivity index (χ4n) is 3.81. The van der Waals surface area contributed by atoms with Crippen LogP contribution < -0.4 is 5.32 Å². The van der Waals surface area contributed by atoms with Gasteiger partial charge in [0.25, 0.3) is 5.91 Å². The Balaban J connectivity index is 1.77. The minimum absolute atomic E-state index is 0.0336. The van der Waals surface area contributed by atoms with Crippen LogP contribution in [0.2, 0.25) is 0 Å². The third kappa shape index (κ3) is 7.23. The summed E-state index contributed by atoms with van der Waals surface area (Å²) in [5.74, 6) is 1.34. The van der Waals surface area contributed by atoms with Crippen LogP contribution in [0.25, 0.3) is 0 Å². The fraction of sp³-hybridized carbons (Fsp3) is 0.696. The molecule has 1 aliphatic carbocycles. The van der Waals surface area contributed by atoms with Gasteiger partial charge in [0.05, 0.1) is 11.0 Å². The largest absolute Gasteiger partial charge is 0.347 e. The van der Waals surface area contributed by atoms with Crippen molar-refractivity contribution in [2.24, 2.45) is 11.8 Å². The standard InChI is InChI=1S/C23H37NO3S/c1-17(2)28(26,27)16-20-10-8-18(9-11-20)6-7-19-12-14-21(15-13-19)22(25)24-23(3,4)5/h12-15,17-18,20H,6-11,16H2,1-5H3,(H,24,25). The lowest BCUT2D eigenvalue weighted by molar-refractivity contribution is 0.0919. The lowest BCUT2D eigenvalue weighted by Crippen LogP contribution is -2.40. The average molecular weight is 408 g/mol. The number of aryl methyl sites for hydroxylation is 1. The Kier molecular flexibility index (Phi) is 7.72. The van der Waals surface area contributed by atoms with Crippen molar-refractivity contribution in [2.45, 2.75) is 83.9 Å². The van der Waals surface area contributed by atoms with Crippen molar-refractivity contribution in [2.75, 3.05) is 5.75 Å². The van der Waals surface area contributed by atoms with Gasteiger partial charge >= 0.3 is 0 Å². The van der Waals surface area contributed by atoms with E-state index in [1.165, 1.54) is 5.56 Å². The summed E-state index contributed by atoms with van der Waals surface area (Å²) in [6, 6.07) is 7.92. The zero-order valence-corrected chi connectivity index (χ0v) is 18.9. The highest BCUT2D eigenvalue weighted by molar-refractivity contribution is 7.91. The molecule has 0 atom stereocenters. The summed E-state index contributed by atoms with van der Waals surface area (Å²) in [6.07, 6.45) is 6.47. The summed E-state index contributed by atoms with van der Waals surface area (Å²) in [7, 11) is -2.93. The Bertz CT molecular complexity index is 737. The van der Waals surface area contributed by atoms with Gasteiger partial charge in [-0.25, -0.2) is 8.42 Å². The van der Waals surface area contributed by atoms with Gasteiger partial charge in [-0.05, 0) is 89.8 Å². The second kappa shape index (κ2) is 9.43. The smallest absolute Gasteiger partial charge is 0.251 e. The molecule has 0 aromatic heterocycles. The first-order valence-electron chi connectivity index (χ1n) is 10.6. The molecular formula is C23H37NO3S. The maximum Gasteiger partial charge on any atom is 0.251 e. The van der Waals surface area contributed by atoms with Crippen molar-refractivity contribution in [3.05, 3.63) is 35.4 Å². The number of rotatable bonds is 7. The van der Waals surface area contributed by atoms with E-state index in [0.717, 1.165) is 38.5 Å². The molecule has 2 rings (SSSR count). The average Bonchev–Trinajstić information content (AvgIpc) is 2.59. The number of carbonyl (C=O) groups excluding carboxylic acids is 1. The van der Waals surface area contributed by atoms with Crippen LogP contribution in [0, 0.1) is 11.8 Å². The molecule has 4 nitrogen and oxygen atoms in total. The minimum Gasteiger partial charge on any atom is -0.347 e. The molecule has 158 valence electrons. The molecule has 0 radical (unpaired) electrons. The van der Waals surface area contributed by atoms with Crippen LogP contribution in [0.15, 0.2) is 24.3 Å². The van der Waals surface area contributed by atoms with Crippen LogP contribution in [0.5, 0.6) is 0 Å². The molecule has 1 saturated carbocycles. The number of amides is 1. The monoisotopic (exact) mass is 407 g/mol. The van der Waals surface area contributed by atoms with Crippen LogP contribution in [0.4, 0.5) is 0 Å². The molecule has 1 aromatic carbocycles. The number of hydrogen-bond donors (Lipinski definition) is 1. The Labute approximate surface area is 171 Å². The highest BCUT2D eigenvalue weighted by atomic mass is 32.2. The van der Waals surface area contributed by atoms with Gasteiger partial charge in [0.1, 0.15) is 0 Å². The molecule has 1 fully saturated rings. The number of sulfone groups is 1. The minimum atomic E-state index is -2.93. The van der Waals surface area contributed by atoms with E-state index in [1.54, 1.807) is 13.8 Å². The van der Waals surface area contributed by atoms with Gasteiger partial charge in [0.15, 0.2) is 9.84 Å². The number of nitrogens with one attached hydrogen (secondary N) is 1. The summed E-state index contributed by atoms with van der Waals surface area (Å²) in [5, 5.41) is 2.72. The van der Waals surface area contributed by atoms with Gasteiger partial charge in [-0.15, -0.1) is 0 Å². The zero-order chi connectivity index (χ0) is 20.9. The Hall–Kier alpha value is -1.36. The molecule has 0 saturated heterocycles. The molecule has 0 spiro atoms. The molecule has 28 heavy (non-hydrogen) atoms. The second-order valence-corrected chi connectivity index (χ2v) is 12.3. The molecule has 0 unspecified atom stereocenters. The highest BCUT2D eigenvalue weighted by Crippen LogP contribution is 2.33. The number of hydrogen-bond acceptors (Lipinski definition) is 3. The van der Waals surface area contributed by atoms with Gasteiger partial charge in [-0.1, -0.05) is 25.0 Å². The van der Waals surface area contributed by atoms with Gasteiger partial charge in [0, 0.05) is 11.1 Å². The van der Waals surface area contributed by atoms with Crippen LogP contribution >= 0.6 is 0 Å². The molecule has 0 heterocycles. The van der Waals surface area contributed by atoms with Gasteiger partial charge in [-0.2, -0.15) is 0 Å². The lowest BCUT2D eigenvalue weighted by atomic mass is 9.80. The van der Waals surface area contributed by atoms with E-state index >= 15 is 0 Å². The SMILES string of the molecule is CC(C)S(=O)(=O)CC1CCC(CCc2ccc(C(=O)NC(C)(C)C)cc2)CC1. The Morgan fingerprint density at radius 2 is 1.57 bits per heavy atom. The Morgan fingerprint density at radius 3 is 2.07 bits per heavy atom. The number of carbonyl (C=O) groups is 1. The molecule has 1 N–H and O–H groups in total. The van der Waals surface area contributed by atoms with Crippen molar-refractivity contribution in [3.8, 4) is 0 Å². The van der Waals surface area contributed by atoms with E-state index in [1.807, 2.05) is 32.9 Å². The molecule has 1 aromatic rings. The van der Waals surface area contributed by atoms with E-state index in [-0.39, 0.29) is 16.7 Å². The van der Waals surface area contributed by atoms with Crippen LogP contribution in [0.1, 0.15) is 82.6 Å². The molecule has 5 heteroatoms. The summed E-state index contributed by atoms with van der Waals surface area (Å²) < 4.78 is 24.2. The molecule has 1 aliphatic rings. The first kappa shape index (κ1) is 22.9. The van der Waals surface area contributed by atoms with Crippen molar-refractivity contribution in [1.29, 1.82) is 0 Å². The third-order valence-electron chi connectivity index (χ3n) is 5.70. The van der Waals surface area contributed by atoms with Crippen molar-refractivity contribution in [3.63, 3.8) is 0 Å². The fourth-order valence-corrected chi connectivity index (χ4v) is 5.19. The third-order valence-corrected chi connectivity index (χ3v) is 8.07. The first-order valence-corrected chi connectivity index (χ1v) is 12.3. The van der Waals surface area contributed by atoms with Crippen LogP contribution in [-0.2, 0) is 16.3 Å². The maximum atomic E-state index is 12.2. The highest BCUT2D eigenvalue weighted by Gasteiger charge is 2.27. The van der Waals surface area contributed by atoms with Crippen LogP contribution in [-0.4, -0.2) is 30.9 Å². The van der Waals surface area contributed by atoms with Crippen molar-refractivity contribution in [1.82, 2.24) is 5.32 Å². The molecule has 1 amide bonds. The topological polar surface area (TPSA) is 63.2 Å². The lowest BCUT2D eigenvalue weighted by Gasteiger charge is -2.28. The molecule has 0 aliphatic heterocycles. The van der Waals surface area contributed by atoms with E-state index in [4.69, 9.17) is 0 Å². The van der Waals surface area contributed by atoms with Crippen molar-refractivity contribution < 1.29 is 13.2 Å². The van der Waals surface area contributed by atoms with E-state index in [9.17, 15) is 13.2 Å². The molecular weight excluding hydrogens is 370 g/mol. The first-order chi connectivity index (χ1) is 13.0. The quantitative estimate of drug-likeness (QED) is 0.708. The number of benzene rings is 1. The van der Waals surface area contributed by atoms with Crippen LogP contribution in [0.3, 0.4) is 0 Å². The summed E-state index contributed by atoms with van der Waals surface area (Å²) >= 11 is 0. The van der Waals surface area contributed by atoms with E-state index in [0.29, 0.717) is 23.2 Å². The summed E-state index contributed by atoms with van der Waals surface area (Å²) in [5.41, 5.74) is 1.73. The van der Waals surface area contributed by atoms with Gasteiger partial charge in [0.2, 0.25) is 0 Å². The maximum absolute atomic E-state index is 12.2. The van der Waals surface area contributed by atoms with Gasteiger partial charge in [-0.3, -0.25) is 4.79 Å². The van der Waals surface area contributed by atoms with Crippen molar-refractivity contribution >= 4 is 15.7 Å². The zero-order valence-electron chi connectivity index (χ0n) is 18.1. The predicted octanol–water partition coefficient (Wildman–Crippen LogP) is 4.78. The van der Waals surface area contributed by atoms with E-state index < -0.39 is 9.84 Å².